The van der Waals surface area contributed by atoms with Crippen LogP contribution >= 0.6 is 0 Å². The maximum atomic E-state index is 13.6. The first kappa shape index (κ1) is 16.9. The first-order chi connectivity index (χ1) is 11.1. The van der Waals surface area contributed by atoms with E-state index in [9.17, 15) is 13.9 Å². The number of nitrogens with zero attached hydrogens (tertiary/aromatic N) is 1. The van der Waals surface area contributed by atoms with Crippen molar-refractivity contribution < 1.29 is 23.4 Å². The number of rotatable bonds is 7. The predicted octanol–water partition coefficient (Wildman–Crippen LogP) is 2.79. The molecule has 120 valence electrons. The maximum Gasteiger partial charge on any atom is 0.166 e. The SMILES string of the molecule is N#Cc1ccc(OCC(O)COCc2ccccc2F)c(F)c1. The molecule has 6 heteroatoms. The second-order valence-corrected chi connectivity index (χ2v) is 4.83. The Kier molecular flexibility index (Phi) is 6.03. The standard InChI is InChI=1S/C17H15F2NO3/c18-15-4-2-1-3-13(15)9-22-10-14(21)11-23-17-6-5-12(8-20)7-16(17)19/h1-7,14,21H,9-11H2. The van der Waals surface area contributed by atoms with Gasteiger partial charge in [-0.3, -0.25) is 0 Å². The Morgan fingerprint density at radius 2 is 1.87 bits per heavy atom. The van der Waals surface area contributed by atoms with Gasteiger partial charge in [0.1, 0.15) is 18.5 Å². The Balaban J connectivity index is 1.76. The number of aliphatic hydroxyl groups is 1. The van der Waals surface area contributed by atoms with Gasteiger partial charge in [0.25, 0.3) is 0 Å². The van der Waals surface area contributed by atoms with E-state index >= 15 is 0 Å². The van der Waals surface area contributed by atoms with Crippen molar-refractivity contribution in [3.05, 3.63) is 65.2 Å². The zero-order valence-electron chi connectivity index (χ0n) is 12.2. The summed E-state index contributed by atoms with van der Waals surface area (Å²) in [5.74, 6) is -1.11. The van der Waals surface area contributed by atoms with Crippen LogP contribution in [0.3, 0.4) is 0 Å². The Morgan fingerprint density at radius 1 is 1.09 bits per heavy atom. The summed E-state index contributed by atoms with van der Waals surface area (Å²) in [5, 5.41) is 18.4. The number of ether oxygens (including phenoxy) is 2. The van der Waals surface area contributed by atoms with E-state index in [4.69, 9.17) is 14.7 Å². The van der Waals surface area contributed by atoms with Crippen LogP contribution in [0.15, 0.2) is 42.5 Å². The van der Waals surface area contributed by atoms with E-state index in [-0.39, 0.29) is 37.0 Å². The van der Waals surface area contributed by atoms with Gasteiger partial charge < -0.3 is 14.6 Å². The summed E-state index contributed by atoms with van der Waals surface area (Å²) in [7, 11) is 0. The summed E-state index contributed by atoms with van der Waals surface area (Å²) in [5.41, 5.74) is 0.572. The molecular formula is C17H15F2NO3. The topological polar surface area (TPSA) is 62.5 Å². The zero-order chi connectivity index (χ0) is 16.7. The Hall–Kier alpha value is -2.49. The summed E-state index contributed by atoms with van der Waals surface area (Å²) >= 11 is 0. The molecule has 0 spiro atoms. The van der Waals surface area contributed by atoms with Crippen molar-refractivity contribution in [1.29, 1.82) is 5.26 Å². The van der Waals surface area contributed by atoms with E-state index in [0.29, 0.717) is 5.56 Å². The van der Waals surface area contributed by atoms with Crippen molar-refractivity contribution in [2.45, 2.75) is 12.7 Å². The lowest BCUT2D eigenvalue weighted by Gasteiger charge is -2.13. The van der Waals surface area contributed by atoms with Crippen LogP contribution in [0, 0.1) is 23.0 Å². The predicted molar refractivity (Wildman–Crippen MR) is 78.7 cm³/mol. The van der Waals surface area contributed by atoms with Gasteiger partial charge in [0, 0.05) is 5.56 Å². The van der Waals surface area contributed by atoms with E-state index < -0.39 is 11.9 Å². The quantitative estimate of drug-likeness (QED) is 0.852. The van der Waals surface area contributed by atoms with Gasteiger partial charge in [0.2, 0.25) is 0 Å². The van der Waals surface area contributed by atoms with Crippen molar-refractivity contribution in [3.8, 4) is 11.8 Å². The van der Waals surface area contributed by atoms with Crippen molar-refractivity contribution >= 4 is 0 Å². The Morgan fingerprint density at radius 3 is 2.57 bits per heavy atom. The number of benzene rings is 2. The summed E-state index contributed by atoms with van der Waals surface area (Å²) < 4.78 is 37.3. The molecule has 2 rings (SSSR count). The van der Waals surface area contributed by atoms with Crippen LogP contribution in [-0.4, -0.2) is 24.4 Å². The molecule has 0 saturated heterocycles. The Labute approximate surface area is 132 Å². The fraction of sp³-hybridized carbons (Fsp3) is 0.235. The summed E-state index contributed by atoms with van der Waals surface area (Å²) in [4.78, 5) is 0. The van der Waals surface area contributed by atoms with Gasteiger partial charge >= 0.3 is 0 Å². The van der Waals surface area contributed by atoms with Crippen molar-refractivity contribution in [2.75, 3.05) is 13.2 Å². The van der Waals surface area contributed by atoms with Gasteiger partial charge in [-0.2, -0.15) is 5.26 Å². The summed E-state index contributed by atoms with van der Waals surface area (Å²) in [6, 6.07) is 11.8. The number of halogens is 2. The van der Waals surface area contributed by atoms with Gasteiger partial charge in [-0.25, -0.2) is 8.78 Å². The molecule has 23 heavy (non-hydrogen) atoms. The monoisotopic (exact) mass is 319 g/mol. The van der Waals surface area contributed by atoms with Gasteiger partial charge in [-0.05, 0) is 24.3 Å². The lowest BCUT2D eigenvalue weighted by atomic mass is 10.2. The maximum absolute atomic E-state index is 13.6. The minimum absolute atomic E-state index is 0.0228. The molecule has 0 aliphatic rings. The number of aliphatic hydroxyl groups excluding tert-OH is 1. The van der Waals surface area contributed by atoms with Crippen LogP contribution in [0.2, 0.25) is 0 Å². The molecule has 0 bridgehead atoms. The van der Waals surface area contributed by atoms with Crippen LogP contribution < -0.4 is 4.74 Å². The molecule has 0 aromatic heterocycles. The van der Waals surface area contributed by atoms with E-state index in [1.165, 1.54) is 18.2 Å². The molecule has 2 aromatic carbocycles. The molecule has 1 atom stereocenters. The summed E-state index contributed by atoms with van der Waals surface area (Å²) in [6.45, 7) is -0.235. The number of hydrogen-bond acceptors (Lipinski definition) is 4. The van der Waals surface area contributed by atoms with E-state index in [1.54, 1.807) is 18.2 Å². The zero-order valence-corrected chi connectivity index (χ0v) is 12.2. The van der Waals surface area contributed by atoms with Crippen molar-refractivity contribution in [2.24, 2.45) is 0 Å². The molecule has 2 aromatic rings. The highest BCUT2D eigenvalue weighted by atomic mass is 19.1. The molecule has 4 nitrogen and oxygen atoms in total. The third kappa shape index (κ3) is 5.02. The van der Waals surface area contributed by atoms with E-state index in [0.717, 1.165) is 6.07 Å². The lowest BCUT2D eigenvalue weighted by Crippen LogP contribution is -2.23. The molecular weight excluding hydrogens is 304 g/mol. The lowest BCUT2D eigenvalue weighted by molar-refractivity contribution is 0.00413. The largest absolute Gasteiger partial charge is 0.488 e. The second kappa shape index (κ2) is 8.22. The highest BCUT2D eigenvalue weighted by Gasteiger charge is 2.10. The molecule has 0 saturated carbocycles. The molecule has 0 amide bonds. The highest BCUT2D eigenvalue weighted by Crippen LogP contribution is 2.18. The Bertz CT molecular complexity index is 700. The third-order valence-electron chi connectivity index (χ3n) is 3.02. The first-order valence-electron chi connectivity index (χ1n) is 6.92. The van der Waals surface area contributed by atoms with Crippen molar-refractivity contribution in [1.82, 2.24) is 0 Å². The van der Waals surface area contributed by atoms with Crippen LogP contribution in [0.1, 0.15) is 11.1 Å². The molecule has 0 fully saturated rings. The minimum atomic E-state index is -0.989. The number of nitriles is 1. The second-order valence-electron chi connectivity index (χ2n) is 4.83. The van der Waals surface area contributed by atoms with Gasteiger partial charge in [0.15, 0.2) is 11.6 Å². The first-order valence-corrected chi connectivity index (χ1v) is 6.92. The van der Waals surface area contributed by atoms with Crippen LogP contribution in [-0.2, 0) is 11.3 Å². The fourth-order valence-corrected chi connectivity index (χ4v) is 1.84. The molecule has 0 aliphatic carbocycles. The number of hydrogen-bond donors (Lipinski definition) is 1. The normalized spacial score (nSPS) is 11.7. The smallest absolute Gasteiger partial charge is 0.166 e. The fourth-order valence-electron chi connectivity index (χ4n) is 1.84. The van der Waals surface area contributed by atoms with Crippen LogP contribution in [0.25, 0.3) is 0 Å². The van der Waals surface area contributed by atoms with Crippen LogP contribution in [0.4, 0.5) is 8.78 Å². The molecule has 0 radical (unpaired) electrons. The van der Waals surface area contributed by atoms with Gasteiger partial charge in [-0.1, -0.05) is 18.2 Å². The molecule has 1 N–H and O–H groups in total. The van der Waals surface area contributed by atoms with Crippen molar-refractivity contribution in [3.63, 3.8) is 0 Å². The molecule has 0 aliphatic heterocycles. The molecule has 0 heterocycles. The average Bonchev–Trinajstić information content (AvgIpc) is 2.55. The summed E-state index contributed by atoms with van der Waals surface area (Å²) in [6.07, 6.45) is -0.989. The average molecular weight is 319 g/mol. The van der Waals surface area contributed by atoms with E-state index in [1.807, 2.05) is 6.07 Å². The van der Waals surface area contributed by atoms with E-state index in [2.05, 4.69) is 0 Å². The van der Waals surface area contributed by atoms with Gasteiger partial charge in [-0.15, -0.1) is 0 Å². The highest BCUT2D eigenvalue weighted by molar-refractivity contribution is 5.35. The third-order valence-corrected chi connectivity index (χ3v) is 3.02. The minimum Gasteiger partial charge on any atom is -0.488 e. The molecule has 1 unspecified atom stereocenters. The van der Waals surface area contributed by atoms with Gasteiger partial charge in [0.05, 0.1) is 24.8 Å². The van der Waals surface area contributed by atoms with Crippen LogP contribution in [0.5, 0.6) is 5.75 Å².